The molecule has 0 aliphatic rings. The van der Waals surface area contributed by atoms with Gasteiger partial charge in [0.1, 0.15) is 0 Å². The zero-order chi connectivity index (χ0) is 13.7. The van der Waals surface area contributed by atoms with Crippen LogP contribution in [-0.2, 0) is 6.54 Å². The third kappa shape index (κ3) is 3.18. The van der Waals surface area contributed by atoms with E-state index in [0.29, 0.717) is 0 Å². The van der Waals surface area contributed by atoms with Gasteiger partial charge in [-0.05, 0) is 36.4 Å². The number of nitrogens with one attached hydrogen (secondary N) is 1. The summed E-state index contributed by atoms with van der Waals surface area (Å²) in [7, 11) is 0. The van der Waals surface area contributed by atoms with Gasteiger partial charge in [0.25, 0.3) is 0 Å². The average molecular weight is 276 g/mol. The van der Waals surface area contributed by atoms with E-state index in [1.54, 1.807) is 0 Å². The topological polar surface area (TPSA) is 55.9 Å². The summed E-state index contributed by atoms with van der Waals surface area (Å²) in [6.07, 6.45) is 1.81. The van der Waals surface area contributed by atoms with Crippen LogP contribution in [0.25, 0.3) is 0 Å². The first-order valence-corrected chi connectivity index (χ1v) is 7.49. The number of nitrogens with zero attached hydrogens (tertiary/aromatic N) is 2. The second-order valence-corrected chi connectivity index (χ2v) is 5.51. The van der Waals surface area contributed by atoms with E-state index in [9.17, 15) is 0 Å². The minimum absolute atomic E-state index is 0.0249. The van der Waals surface area contributed by atoms with Crippen LogP contribution in [0.2, 0.25) is 0 Å². The molecule has 1 aromatic carbocycles. The highest BCUT2D eigenvalue weighted by Crippen LogP contribution is 2.24. The van der Waals surface area contributed by atoms with Gasteiger partial charge >= 0.3 is 0 Å². The van der Waals surface area contributed by atoms with Crippen molar-refractivity contribution in [3.05, 3.63) is 47.8 Å². The fraction of sp³-hybridized carbons (Fsp3) is 0.357. The Morgan fingerprint density at radius 1 is 1.26 bits per heavy atom. The SMILES string of the molecule is CCSc1ccc(C(NN)c2ccnn2CC)cc1. The van der Waals surface area contributed by atoms with Crippen molar-refractivity contribution in [2.45, 2.75) is 31.3 Å². The highest BCUT2D eigenvalue weighted by Gasteiger charge is 2.16. The van der Waals surface area contributed by atoms with Crippen LogP contribution in [0.1, 0.15) is 31.1 Å². The molecule has 2 aromatic rings. The van der Waals surface area contributed by atoms with Gasteiger partial charge in [0, 0.05) is 17.6 Å². The molecule has 0 radical (unpaired) electrons. The normalized spacial score (nSPS) is 12.6. The summed E-state index contributed by atoms with van der Waals surface area (Å²) in [5.74, 6) is 6.80. The van der Waals surface area contributed by atoms with Crippen LogP contribution >= 0.6 is 11.8 Å². The van der Waals surface area contributed by atoms with Crippen LogP contribution < -0.4 is 11.3 Å². The number of rotatable bonds is 6. The molecule has 0 aliphatic heterocycles. The largest absolute Gasteiger partial charge is 0.271 e. The number of aromatic nitrogens is 2. The minimum Gasteiger partial charge on any atom is -0.271 e. The van der Waals surface area contributed by atoms with Crippen molar-refractivity contribution >= 4 is 11.8 Å². The second-order valence-electron chi connectivity index (χ2n) is 4.17. The summed E-state index contributed by atoms with van der Waals surface area (Å²) in [5.41, 5.74) is 5.11. The van der Waals surface area contributed by atoms with Gasteiger partial charge in [-0.3, -0.25) is 10.5 Å². The number of hydrogen-bond acceptors (Lipinski definition) is 4. The van der Waals surface area contributed by atoms with Crippen molar-refractivity contribution in [1.29, 1.82) is 0 Å². The minimum atomic E-state index is -0.0249. The van der Waals surface area contributed by atoms with Gasteiger partial charge in [-0.1, -0.05) is 19.1 Å². The van der Waals surface area contributed by atoms with E-state index >= 15 is 0 Å². The van der Waals surface area contributed by atoms with Crippen molar-refractivity contribution in [3.63, 3.8) is 0 Å². The van der Waals surface area contributed by atoms with E-state index in [-0.39, 0.29) is 6.04 Å². The van der Waals surface area contributed by atoms with Crippen LogP contribution in [0, 0.1) is 0 Å². The lowest BCUT2D eigenvalue weighted by atomic mass is 10.0. The Morgan fingerprint density at radius 3 is 2.58 bits per heavy atom. The molecule has 1 aromatic heterocycles. The standard InChI is InChI=1S/C14H20N4S/c1-3-18-13(9-10-16-18)14(17-15)11-5-7-12(8-6-11)19-4-2/h5-10,14,17H,3-4,15H2,1-2H3. The molecular weight excluding hydrogens is 256 g/mol. The summed E-state index contributed by atoms with van der Waals surface area (Å²) in [5, 5.41) is 4.29. The Bertz CT molecular complexity index is 506. The molecule has 0 amide bonds. The lowest BCUT2D eigenvalue weighted by Gasteiger charge is -2.18. The summed E-state index contributed by atoms with van der Waals surface area (Å²) in [6.45, 7) is 5.07. The molecule has 1 unspecified atom stereocenters. The first-order valence-electron chi connectivity index (χ1n) is 6.50. The number of hydrazine groups is 1. The van der Waals surface area contributed by atoms with E-state index in [1.165, 1.54) is 4.90 Å². The molecule has 0 aliphatic carbocycles. The zero-order valence-corrected chi connectivity index (χ0v) is 12.2. The molecule has 102 valence electrons. The Balaban J connectivity index is 2.26. The molecule has 5 heteroatoms. The summed E-state index contributed by atoms with van der Waals surface area (Å²) < 4.78 is 1.96. The predicted octanol–water partition coefficient (Wildman–Crippen LogP) is 2.57. The molecule has 0 bridgehead atoms. The highest BCUT2D eigenvalue weighted by molar-refractivity contribution is 7.99. The second kappa shape index (κ2) is 6.75. The molecule has 0 saturated heterocycles. The third-order valence-electron chi connectivity index (χ3n) is 3.04. The number of aryl methyl sites for hydroxylation is 1. The molecule has 19 heavy (non-hydrogen) atoms. The van der Waals surface area contributed by atoms with E-state index in [4.69, 9.17) is 5.84 Å². The summed E-state index contributed by atoms with van der Waals surface area (Å²) >= 11 is 1.84. The highest BCUT2D eigenvalue weighted by atomic mass is 32.2. The average Bonchev–Trinajstić information content (AvgIpc) is 2.90. The van der Waals surface area contributed by atoms with E-state index in [2.05, 4.69) is 48.6 Å². The van der Waals surface area contributed by atoms with Gasteiger partial charge < -0.3 is 0 Å². The van der Waals surface area contributed by atoms with E-state index in [0.717, 1.165) is 23.6 Å². The summed E-state index contributed by atoms with van der Waals surface area (Å²) in [6, 6.07) is 10.5. The van der Waals surface area contributed by atoms with Crippen molar-refractivity contribution < 1.29 is 0 Å². The van der Waals surface area contributed by atoms with Crippen molar-refractivity contribution in [3.8, 4) is 0 Å². The molecule has 3 N–H and O–H groups in total. The lowest BCUT2D eigenvalue weighted by Crippen LogP contribution is -2.30. The van der Waals surface area contributed by atoms with Gasteiger partial charge in [0.2, 0.25) is 0 Å². The van der Waals surface area contributed by atoms with Gasteiger partial charge in [-0.15, -0.1) is 11.8 Å². The molecule has 2 rings (SSSR count). The van der Waals surface area contributed by atoms with Gasteiger partial charge in [-0.25, -0.2) is 5.43 Å². The maximum atomic E-state index is 5.72. The number of nitrogens with two attached hydrogens (primary N) is 1. The van der Waals surface area contributed by atoms with Crippen LogP contribution in [0.3, 0.4) is 0 Å². The predicted molar refractivity (Wildman–Crippen MR) is 79.9 cm³/mol. The van der Waals surface area contributed by atoms with Crippen molar-refractivity contribution in [1.82, 2.24) is 15.2 Å². The van der Waals surface area contributed by atoms with Crippen LogP contribution in [0.5, 0.6) is 0 Å². The first kappa shape index (κ1) is 14.1. The molecule has 1 atom stereocenters. The Labute approximate surface area is 118 Å². The number of hydrogen-bond donors (Lipinski definition) is 2. The van der Waals surface area contributed by atoms with Crippen LogP contribution in [0.15, 0.2) is 41.4 Å². The third-order valence-corrected chi connectivity index (χ3v) is 3.93. The van der Waals surface area contributed by atoms with Crippen molar-refractivity contribution in [2.24, 2.45) is 5.84 Å². The Hall–Kier alpha value is -1.30. The van der Waals surface area contributed by atoms with E-state index in [1.807, 2.05) is 28.7 Å². The molecule has 4 nitrogen and oxygen atoms in total. The van der Waals surface area contributed by atoms with E-state index < -0.39 is 0 Å². The Kier molecular flexibility index (Phi) is 5.01. The van der Waals surface area contributed by atoms with Gasteiger partial charge in [-0.2, -0.15) is 5.10 Å². The fourth-order valence-corrected chi connectivity index (χ4v) is 2.79. The summed E-state index contributed by atoms with van der Waals surface area (Å²) in [4.78, 5) is 1.28. The molecule has 1 heterocycles. The van der Waals surface area contributed by atoms with Crippen molar-refractivity contribution in [2.75, 3.05) is 5.75 Å². The Morgan fingerprint density at radius 2 is 2.00 bits per heavy atom. The van der Waals surface area contributed by atoms with Gasteiger partial charge in [0.05, 0.1) is 11.7 Å². The lowest BCUT2D eigenvalue weighted by molar-refractivity contribution is 0.543. The monoisotopic (exact) mass is 276 g/mol. The molecule has 0 spiro atoms. The molecule has 0 fully saturated rings. The fourth-order valence-electron chi connectivity index (χ4n) is 2.13. The number of benzene rings is 1. The zero-order valence-electron chi connectivity index (χ0n) is 11.3. The maximum absolute atomic E-state index is 5.72. The first-order chi connectivity index (χ1) is 9.30. The van der Waals surface area contributed by atoms with Gasteiger partial charge in [0.15, 0.2) is 0 Å². The van der Waals surface area contributed by atoms with Crippen LogP contribution in [0.4, 0.5) is 0 Å². The smallest absolute Gasteiger partial charge is 0.0878 e. The molecular formula is C14H20N4S. The number of thioether (sulfide) groups is 1. The van der Waals surface area contributed by atoms with Crippen LogP contribution in [-0.4, -0.2) is 15.5 Å². The maximum Gasteiger partial charge on any atom is 0.0878 e. The quantitative estimate of drug-likeness (QED) is 0.484. The molecule has 0 saturated carbocycles.